The Balaban J connectivity index is 2.38. The molecular weight excluding hydrogens is 244 g/mol. The summed E-state index contributed by atoms with van der Waals surface area (Å²) in [4.78, 5) is 0. The predicted molar refractivity (Wildman–Crippen MR) is 77.6 cm³/mol. The third kappa shape index (κ3) is 4.15. The van der Waals surface area contributed by atoms with Gasteiger partial charge in [0.15, 0.2) is 0 Å². The summed E-state index contributed by atoms with van der Waals surface area (Å²) in [6.45, 7) is 5.39. The van der Waals surface area contributed by atoms with Gasteiger partial charge in [-0.15, -0.1) is 0 Å². The normalized spacial score (nSPS) is 29.1. The lowest BCUT2D eigenvalue weighted by Crippen LogP contribution is -2.47. The minimum atomic E-state index is -0.268. The lowest BCUT2D eigenvalue weighted by molar-refractivity contribution is 0.288. The van der Waals surface area contributed by atoms with Crippen LogP contribution in [0.3, 0.4) is 0 Å². The highest BCUT2D eigenvalue weighted by atomic mass is 32.2. The fourth-order valence-corrected chi connectivity index (χ4v) is 3.98. The number of nitriles is 1. The Bertz CT molecular complexity index is 279. The zero-order chi connectivity index (χ0) is 13.4. The van der Waals surface area contributed by atoms with Gasteiger partial charge in [-0.2, -0.15) is 17.0 Å². The van der Waals surface area contributed by atoms with Gasteiger partial charge in [-0.3, -0.25) is 5.32 Å². The van der Waals surface area contributed by atoms with Crippen LogP contribution in [0.2, 0.25) is 0 Å². The first-order valence-corrected chi connectivity index (χ1v) is 8.12. The first kappa shape index (κ1) is 15.8. The molecule has 0 aromatic carbocycles. The minimum Gasteiger partial charge on any atom is -0.396 e. The first-order valence-electron chi connectivity index (χ1n) is 7.07. The molecule has 0 amide bonds. The van der Waals surface area contributed by atoms with E-state index in [2.05, 4.69) is 25.2 Å². The van der Waals surface area contributed by atoms with E-state index in [4.69, 9.17) is 5.11 Å². The van der Waals surface area contributed by atoms with Crippen molar-refractivity contribution in [2.75, 3.05) is 18.9 Å². The number of thioether (sulfide) groups is 1. The zero-order valence-electron chi connectivity index (χ0n) is 11.6. The molecule has 0 aliphatic heterocycles. The van der Waals surface area contributed by atoms with E-state index in [1.165, 1.54) is 12.8 Å². The summed E-state index contributed by atoms with van der Waals surface area (Å²) >= 11 is 1.92. The Morgan fingerprint density at radius 2 is 2.39 bits per heavy atom. The Labute approximate surface area is 115 Å². The molecule has 2 N–H and O–H groups in total. The molecule has 0 aromatic heterocycles. The largest absolute Gasteiger partial charge is 0.396 e. The van der Waals surface area contributed by atoms with Gasteiger partial charge in [-0.05, 0) is 43.9 Å². The molecule has 0 heterocycles. The number of hydrogen-bond donors (Lipinski definition) is 2. The van der Waals surface area contributed by atoms with E-state index >= 15 is 0 Å². The van der Waals surface area contributed by atoms with Crippen molar-refractivity contribution in [2.45, 2.75) is 56.7 Å². The van der Waals surface area contributed by atoms with Crippen molar-refractivity contribution in [3.8, 4) is 6.07 Å². The molecule has 0 saturated heterocycles. The van der Waals surface area contributed by atoms with Gasteiger partial charge >= 0.3 is 0 Å². The van der Waals surface area contributed by atoms with Gasteiger partial charge in [0.25, 0.3) is 0 Å². The number of nitrogens with one attached hydrogen (secondary N) is 1. The molecule has 0 radical (unpaired) electrons. The summed E-state index contributed by atoms with van der Waals surface area (Å²) in [6.07, 6.45) is 5.32. The second kappa shape index (κ2) is 8.04. The molecule has 0 bridgehead atoms. The van der Waals surface area contributed by atoms with Crippen molar-refractivity contribution in [2.24, 2.45) is 5.92 Å². The molecule has 18 heavy (non-hydrogen) atoms. The van der Waals surface area contributed by atoms with Crippen LogP contribution in [0.4, 0.5) is 0 Å². The summed E-state index contributed by atoms with van der Waals surface area (Å²) in [5.74, 6) is 1.59. The maximum absolute atomic E-state index is 9.46. The molecule has 104 valence electrons. The van der Waals surface area contributed by atoms with E-state index in [9.17, 15) is 5.26 Å². The van der Waals surface area contributed by atoms with Gasteiger partial charge in [0.05, 0.1) is 6.07 Å². The summed E-state index contributed by atoms with van der Waals surface area (Å²) < 4.78 is 0. The van der Waals surface area contributed by atoms with E-state index in [1.807, 2.05) is 11.8 Å². The number of hydrogen-bond acceptors (Lipinski definition) is 4. The fourth-order valence-electron chi connectivity index (χ4n) is 2.88. The average molecular weight is 270 g/mol. The van der Waals surface area contributed by atoms with Crippen LogP contribution < -0.4 is 5.32 Å². The van der Waals surface area contributed by atoms with Crippen molar-refractivity contribution in [1.82, 2.24) is 5.32 Å². The van der Waals surface area contributed by atoms with Crippen LogP contribution in [0, 0.1) is 17.2 Å². The number of nitrogens with zero attached hydrogens (tertiary/aromatic N) is 1. The molecule has 3 unspecified atom stereocenters. The number of aliphatic hydroxyl groups is 1. The molecule has 3 nitrogen and oxygen atoms in total. The molecule has 4 heteroatoms. The Hall–Kier alpha value is -0.240. The van der Waals surface area contributed by atoms with E-state index in [0.29, 0.717) is 11.2 Å². The molecule has 0 aromatic rings. The highest BCUT2D eigenvalue weighted by molar-refractivity contribution is 7.99. The topological polar surface area (TPSA) is 56.0 Å². The standard InChI is InChI=1S/C14H26N2OS/c1-3-16-14(11-15)8-4-5-13(14)7-10-18-12(2)6-9-17/h12-13,16-17H,3-10H2,1-2H3. The highest BCUT2D eigenvalue weighted by Crippen LogP contribution is 2.38. The van der Waals surface area contributed by atoms with E-state index < -0.39 is 0 Å². The molecule has 1 fully saturated rings. The SMILES string of the molecule is CCNC1(C#N)CCCC1CCSC(C)CCO. The molecule has 1 saturated carbocycles. The Morgan fingerprint density at radius 3 is 3.00 bits per heavy atom. The van der Waals surface area contributed by atoms with Crippen molar-refractivity contribution in [3.05, 3.63) is 0 Å². The minimum absolute atomic E-state index is 0.268. The van der Waals surface area contributed by atoms with Gasteiger partial charge in [-0.1, -0.05) is 20.3 Å². The third-order valence-corrected chi connectivity index (χ3v) is 5.19. The summed E-state index contributed by atoms with van der Waals surface area (Å²) in [7, 11) is 0. The third-order valence-electron chi connectivity index (χ3n) is 3.92. The van der Waals surface area contributed by atoms with E-state index in [-0.39, 0.29) is 12.1 Å². The first-order chi connectivity index (χ1) is 8.68. The van der Waals surface area contributed by atoms with Crippen molar-refractivity contribution < 1.29 is 5.11 Å². The smallest absolute Gasteiger partial charge is 0.109 e. The van der Waals surface area contributed by atoms with Gasteiger partial charge in [0.2, 0.25) is 0 Å². The highest BCUT2D eigenvalue weighted by Gasteiger charge is 2.41. The fraction of sp³-hybridized carbons (Fsp3) is 0.929. The molecule has 1 aliphatic carbocycles. The van der Waals surface area contributed by atoms with E-state index in [0.717, 1.165) is 31.6 Å². The van der Waals surface area contributed by atoms with E-state index in [1.54, 1.807) is 0 Å². The number of rotatable bonds is 8. The van der Waals surface area contributed by atoms with Crippen LogP contribution in [0.5, 0.6) is 0 Å². The Kier molecular flexibility index (Phi) is 7.06. The van der Waals surface area contributed by atoms with Gasteiger partial charge < -0.3 is 5.11 Å². The summed E-state index contributed by atoms with van der Waals surface area (Å²) in [5, 5.41) is 22.3. The molecule has 1 aliphatic rings. The van der Waals surface area contributed by atoms with Gasteiger partial charge in [-0.25, -0.2) is 0 Å². The van der Waals surface area contributed by atoms with Gasteiger partial charge in [0, 0.05) is 11.9 Å². The zero-order valence-corrected chi connectivity index (χ0v) is 12.4. The quantitative estimate of drug-likeness (QED) is 0.712. The van der Waals surface area contributed by atoms with Crippen molar-refractivity contribution in [1.29, 1.82) is 5.26 Å². The van der Waals surface area contributed by atoms with Crippen LogP contribution in [0.1, 0.15) is 46.0 Å². The molecule has 0 spiro atoms. The van der Waals surface area contributed by atoms with Crippen LogP contribution in [-0.2, 0) is 0 Å². The van der Waals surface area contributed by atoms with Crippen LogP contribution in [0.15, 0.2) is 0 Å². The summed E-state index contributed by atoms with van der Waals surface area (Å²) in [5.41, 5.74) is -0.268. The van der Waals surface area contributed by atoms with Gasteiger partial charge in [0.1, 0.15) is 5.54 Å². The average Bonchev–Trinajstić information content (AvgIpc) is 2.74. The molecule has 3 atom stereocenters. The summed E-state index contributed by atoms with van der Waals surface area (Å²) in [6, 6.07) is 2.53. The number of aliphatic hydroxyl groups excluding tert-OH is 1. The predicted octanol–water partition coefficient (Wildman–Crippen LogP) is 2.55. The monoisotopic (exact) mass is 270 g/mol. The lowest BCUT2D eigenvalue weighted by Gasteiger charge is -2.29. The van der Waals surface area contributed by atoms with Crippen molar-refractivity contribution in [3.63, 3.8) is 0 Å². The Morgan fingerprint density at radius 1 is 1.61 bits per heavy atom. The second-order valence-corrected chi connectivity index (χ2v) is 6.73. The maximum Gasteiger partial charge on any atom is 0.109 e. The molecular formula is C14H26N2OS. The van der Waals surface area contributed by atoms with Crippen molar-refractivity contribution >= 4 is 11.8 Å². The van der Waals surface area contributed by atoms with Crippen LogP contribution in [0.25, 0.3) is 0 Å². The van der Waals surface area contributed by atoms with Crippen LogP contribution >= 0.6 is 11.8 Å². The molecule has 1 rings (SSSR count). The lowest BCUT2D eigenvalue weighted by atomic mass is 9.86. The van der Waals surface area contributed by atoms with Crippen LogP contribution in [-0.4, -0.2) is 34.8 Å². The maximum atomic E-state index is 9.46. The second-order valence-electron chi connectivity index (χ2n) is 5.19.